The van der Waals surface area contributed by atoms with Crippen LogP contribution < -0.4 is 10.4 Å². The molecule has 0 aromatic heterocycles. The molecule has 0 atom stereocenters. The third-order valence-corrected chi connectivity index (χ3v) is 2.47. The van der Waals surface area contributed by atoms with Gasteiger partial charge in [-0.1, -0.05) is 18.2 Å². The summed E-state index contributed by atoms with van der Waals surface area (Å²) in [5, 5.41) is 1.06. The van der Waals surface area contributed by atoms with Crippen LogP contribution in [0.3, 0.4) is 0 Å². The molecule has 5 heteroatoms. The third kappa shape index (κ3) is 3.16. The van der Waals surface area contributed by atoms with Crippen LogP contribution in [0.5, 0.6) is 0 Å². The first kappa shape index (κ1) is 12.8. The molecule has 2 amide bonds. The Bertz CT molecular complexity index is 570. The number of rotatable bonds is 4. The van der Waals surface area contributed by atoms with Crippen molar-refractivity contribution >= 4 is 18.0 Å². The van der Waals surface area contributed by atoms with Gasteiger partial charge in [-0.25, -0.2) is 9.40 Å². The number of para-hydroxylation sites is 1. The van der Waals surface area contributed by atoms with Crippen LogP contribution >= 0.6 is 0 Å². The molecule has 0 spiro atoms. The van der Waals surface area contributed by atoms with Crippen molar-refractivity contribution in [2.75, 3.05) is 5.01 Å². The second-order valence-corrected chi connectivity index (χ2v) is 3.76. The van der Waals surface area contributed by atoms with E-state index in [0.29, 0.717) is 12.1 Å². The molecule has 0 saturated heterocycles. The molecule has 2 aromatic carbocycles. The maximum Gasteiger partial charge on any atom is 0.270 e. The molecule has 0 fully saturated rings. The highest BCUT2D eigenvalue weighted by Crippen LogP contribution is 2.10. The number of hydrogen-bond donors (Lipinski definition) is 1. The van der Waals surface area contributed by atoms with E-state index in [-0.39, 0.29) is 5.56 Å². The largest absolute Gasteiger partial charge is 0.276 e. The number of carbonyl (C=O) groups is 2. The van der Waals surface area contributed by atoms with Crippen LogP contribution in [0.25, 0.3) is 0 Å². The fraction of sp³-hybridized carbons (Fsp3) is 0. The second kappa shape index (κ2) is 5.77. The maximum absolute atomic E-state index is 12.7. The molecule has 4 nitrogen and oxygen atoms in total. The number of anilines is 1. The molecule has 0 bridgehead atoms. The number of halogens is 1. The van der Waals surface area contributed by atoms with Crippen molar-refractivity contribution in [2.45, 2.75) is 0 Å². The van der Waals surface area contributed by atoms with Gasteiger partial charge in [-0.3, -0.25) is 15.0 Å². The summed E-state index contributed by atoms with van der Waals surface area (Å²) in [5.41, 5.74) is 3.23. The number of carbonyl (C=O) groups excluding carboxylic acids is 2. The van der Waals surface area contributed by atoms with E-state index in [2.05, 4.69) is 5.43 Å². The van der Waals surface area contributed by atoms with Gasteiger partial charge in [0.05, 0.1) is 5.69 Å². The van der Waals surface area contributed by atoms with Gasteiger partial charge < -0.3 is 0 Å². The summed E-state index contributed by atoms with van der Waals surface area (Å²) in [6.07, 6.45) is 0.497. The van der Waals surface area contributed by atoms with Crippen LogP contribution in [0.15, 0.2) is 54.6 Å². The van der Waals surface area contributed by atoms with Gasteiger partial charge in [-0.2, -0.15) is 0 Å². The Hall–Kier alpha value is -2.69. The predicted octanol–water partition coefficient (Wildman–Crippen LogP) is 2.13. The van der Waals surface area contributed by atoms with Crippen molar-refractivity contribution in [3.8, 4) is 0 Å². The van der Waals surface area contributed by atoms with Gasteiger partial charge >= 0.3 is 0 Å². The molecule has 0 saturated carbocycles. The molecule has 0 aliphatic heterocycles. The summed E-state index contributed by atoms with van der Waals surface area (Å²) in [4.78, 5) is 22.8. The number of hydrogen-bond acceptors (Lipinski definition) is 2. The molecule has 96 valence electrons. The van der Waals surface area contributed by atoms with E-state index in [0.717, 1.165) is 5.01 Å². The highest BCUT2D eigenvalue weighted by molar-refractivity contribution is 5.97. The lowest BCUT2D eigenvalue weighted by molar-refractivity contribution is -0.107. The first-order chi connectivity index (χ1) is 9.20. The molecule has 1 N–H and O–H groups in total. The molecule has 0 aliphatic carbocycles. The molecule has 0 radical (unpaired) electrons. The zero-order chi connectivity index (χ0) is 13.7. The van der Waals surface area contributed by atoms with Crippen LogP contribution in [0, 0.1) is 5.82 Å². The standard InChI is InChI=1S/C14H11FN2O2/c15-12-8-6-11(7-9-12)14(19)16-17(10-18)13-4-2-1-3-5-13/h1-10H,(H,16,19). The second-order valence-electron chi connectivity index (χ2n) is 3.76. The summed E-state index contributed by atoms with van der Waals surface area (Å²) in [5.74, 6) is -0.914. The topological polar surface area (TPSA) is 49.4 Å². The van der Waals surface area contributed by atoms with E-state index < -0.39 is 11.7 Å². The van der Waals surface area contributed by atoms with Gasteiger partial charge in [0.15, 0.2) is 0 Å². The molecule has 2 aromatic rings. The Kier molecular flexibility index (Phi) is 3.87. The predicted molar refractivity (Wildman–Crippen MR) is 68.9 cm³/mol. The van der Waals surface area contributed by atoms with Crippen molar-refractivity contribution in [1.29, 1.82) is 0 Å². The molecule has 0 heterocycles. The molecular weight excluding hydrogens is 247 g/mol. The number of hydrazine groups is 1. The van der Waals surface area contributed by atoms with E-state index >= 15 is 0 Å². The number of amides is 2. The van der Waals surface area contributed by atoms with E-state index in [4.69, 9.17) is 0 Å². The van der Waals surface area contributed by atoms with Gasteiger partial charge in [0.25, 0.3) is 5.91 Å². The van der Waals surface area contributed by atoms with E-state index in [9.17, 15) is 14.0 Å². The zero-order valence-electron chi connectivity index (χ0n) is 9.92. The van der Waals surface area contributed by atoms with Gasteiger partial charge in [0, 0.05) is 5.56 Å². The van der Waals surface area contributed by atoms with Crippen LogP contribution in [0.2, 0.25) is 0 Å². The first-order valence-corrected chi connectivity index (χ1v) is 5.57. The molecule has 2 rings (SSSR count). The van der Waals surface area contributed by atoms with Gasteiger partial charge in [-0.05, 0) is 36.4 Å². The summed E-state index contributed by atoms with van der Waals surface area (Å²) < 4.78 is 12.7. The molecule has 0 unspecified atom stereocenters. The minimum atomic E-state index is -0.490. The van der Waals surface area contributed by atoms with Crippen molar-refractivity contribution < 1.29 is 14.0 Å². The third-order valence-electron chi connectivity index (χ3n) is 2.47. The van der Waals surface area contributed by atoms with Crippen LogP contribution in [0.1, 0.15) is 10.4 Å². The first-order valence-electron chi connectivity index (χ1n) is 5.57. The van der Waals surface area contributed by atoms with Crippen molar-refractivity contribution in [3.05, 3.63) is 66.0 Å². The average Bonchev–Trinajstić information content (AvgIpc) is 2.46. The Labute approximate surface area is 109 Å². The van der Waals surface area contributed by atoms with Crippen LogP contribution in [-0.2, 0) is 4.79 Å². The van der Waals surface area contributed by atoms with Gasteiger partial charge in [0.1, 0.15) is 5.82 Å². The lowest BCUT2D eigenvalue weighted by Gasteiger charge is -2.18. The van der Waals surface area contributed by atoms with E-state index in [1.54, 1.807) is 30.3 Å². The lowest BCUT2D eigenvalue weighted by atomic mass is 10.2. The Balaban J connectivity index is 2.13. The normalized spacial score (nSPS) is 9.74. The maximum atomic E-state index is 12.7. The summed E-state index contributed by atoms with van der Waals surface area (Å²) in [7, 11) is 0. The number of nitrogens with zero attached hydrogens (tertiary/aromatic N) is 1. The van der Waals surface area contributed by atoms with E-state index in [1.807, 2.05) is 0 Å². The summed E-state index contributed by atoms with van der Waals surface area (Å²) in [6, 6.07) is 13.7. The lowest BCUT2D eigenvalue weighted by Crippen LogP contribution is -2.41. The van der Waals surface area contributed by atoms with Gasteiger partial charge in [-0.15, -0.1) is 0 Å². The van der Waals surface area contributed by atoms with Gasteiger partial charge in [0.2, 0.25) is 6.41 Å². The quantitative estimate of drug-likeness (QED) is 0.674. The fourth-order valence-corrected chi connectivity index (χ4v) is 1.52. The summed E-state index contributed by atoms with van der Waals surface area (Å²) in [6.45, 7) is 0. The average molecular weight is 258 g/mol. The SMILES string of the molecule is O=CN(NC(=O)c1ccc(F)cc1)c1ccccc1. The van der Waals surface area contributed by atoms with Crippen molar-refractivity contribution in [3.63, 3.8) is 0 Å². The molecule has 19 heavy (non-hydrogen) atoms. The minimum absolute atomic E-state index is 0.268. The minimum Gasteiger partial charge on any atom is -0.276 e. The Morgan fingerprint density at radius 1 is 1.05 bits per heavy atom. The smallest absolute Gasteiger partial charge is 0.270 e. The van der Waals surface area contributed by atoms with Crippen molar-refractivity contribution in [1.82, 2.24) is 5.43 Å². The monoisotopic (exact) mass is 258 g/mol. The van der Waals surface area contributed by atoms with Crippen LogP contribution in [0.4, 0.5) is 10.1 Å². The highest BCUT2D eigenvalue weighted by atomic mass is 19.1. The highest BCUT2D eigenvalue weighted by Gasteiger charge is 2.11. The fourth-order valence-electron chi connectivity index (χ4n) is 1.52. The Morgan fingerprint density at radius 2 is 1.68 bits per heavy atom. The number of benzene rings is 2. The number of nitrogens with one attached hydrogen (secondary N) is 1. The molecular formula is C14H11FN2O2. The molecule has 0 aliphatic rings. The Morgan fingerprint density at radius 3 is 2.26 bits per heavy atom. The summed E-state index contributed by atoms with van der Waals surface area (Å²) >= 11 is 0. The van der Waals surface area contributed by atoms with Crippen molar-refractivity contribution in [2.24, 2.45) is 0 Å². The van der Waals surface area contributed by atoms with E-state index in [1.165, 1.54) is 24.3 Å². The van der Waals surface area contributed by atoms with Crippen LogP contribution in [-0.4, -0.2) is 12.3 Å². The zero-order valence-corrected chi connectivity index (χ0v) is 9.92.